The van der Waals surface area contributed by atoms with Gasteiger partial charge in [-0.15, -0.1) is 0 Å². The Balaban J connectivity index is 0. The van der Waals surface area contributed by atoms with Crippen molar-refractivity contribution in [2.75, 3.05) is 0 Å². The molecule has 2 heteroatoms. The van der Waals surface area contributed by atoms with E-state index in [2.05, 4.69) is 0 Å². The van der Waals surface area contributed by atoms with Crippen LogP contribution in [0.4, 0.5) is 0 Å². The minimum absolute atomic E-state index is 0. The van der Waals surface area contributed by atoms with Gasteiger partial charge in [-0.2, -0.15) is 36.4 Å². The second kappa shape index (κ2) is 10.8. The van der Waals surface area contributed by atoms with Gasteiger partial charge in [-0.3, -0.25) is 0 Å². The van der Waals surface area contributed by atoms with E-state index in [0.29, 0.717) is 0 Å². The molecule has 0 nitrogen and oxygen atoms in total. The first-order valence-electron chi connectivity index (χ1n) is 3.33. The number of hydrogen-bond acceptors (Lipinski definition) is 0. The minimum Gasteiger partial charge on any atom is -0.214 e. The topological polar surface area (TPSA) is 0 Å². The summed E-state index contributed by atoms with van der Waals surface area (Å²) >= 11 is 0. The Hall–Kier alpha value is -0.157. The van der Waals surface area contributed by atoms with Gasteiger partial charge in [0.1, 0.15) is 0 Å². The summed E-state index contributed by atoms with van der Waals surface area (Å²) in [4.78, 5) is 0. The molecule has 0 aromatic heterocycles. The van der Waals surface area contributed by atoms with Gasteiger partial charge in [0, 0.05) is 19.5 Å². The van der Waals surface area contributed by atoms with Crippen molar-refractivity contribution in [3.8, 4) is 0 Å². The van der Waals surface area contributed by atoms with E-state index in [1.807, 2.05) is 60.7 Å². The van der Waals surface area contributed by atoms with E-state index in [4.69, 9.17) is 0 Å². The molecule has 0 saturated heterocycles. The second-order valence-electron chi connectivity index (χ2n) is 1.92. The second-order valence-corrected chi connectivity index (χ2v) is 1.92. The molecule has 0 amide bonds. The van der Waals surface area contributed by atoms with Gasteiger partial charge < -0.3 is 0 Å². The SMILES string of the molecule is [Fe+2].[Ru].c1cc[cH-]c1.c1cc[cH-]c1. The Bertz CT molecular complexity index is 149. The molecule has 2 aromatic rings. The summed E-state index contributed by atoms with van der Waals surface area (Å²) in [5, 5.41) is 0. The Morgan fingerprint density at radius 2 is 0.833 bits per heavy atom. The summed E-state index contributed by atoms with van der Waals surface area (Å²) in [6.45, 7) is 0. The van der Waals surface area contributed by atoms with Crippen molar-refractivity contribution in [1.29, 1.82) is 0 Å². The third-order valence-corrected chi connectivity index (χ3v) is 1.11. The number of hydrogen-bond donors (Lipinski definition) is 0. The van der Waals surface area contributed by atoms with Crippen LogP contribution in [0.1, 0.15) is 0 Å². The summed E-state index contributed by atoms with van der Waals surface area (Å²) in [6.07, 6.45) is 0. The fourth-order valence-corrected chi connectivity index (χ4v) is 0.642. The fraction of sp³-hybridized carbons (Fsp3) is 0. The maximum Gasteiger partial charge on any atom is 2.00 e. The molecule has 0 atom stereocenters. The van der Waals surface area contributed by atoms with Crippen molar-refractivity contribution in [3.05, 3.63) is 60.7 Å². The molecule has 0 aliphatic carbocycles. The Morgan fingerprint density at radius 3 is 0.917 bits per heavy atom. The first-order valence-corrected chi connectivity index (χ1v) is 3.33. The zero-order valence-corrected chi connectivity index (χ0v) is 9.32. The smallest absolute Gasteiger partial charge is 0.214 e. The van der Waals surface area contributed by atoms with Crippen molar-refractivity contribution in [3.63, 3.8) is 0 Å². The zero-order valence-electron chi connectivity index (χ0n) is 6.48. The van der Waals surface area contributed by atoms with Crippen LogP contribution < -0.4 is 0 Å². The summed E-state index contributed by atoms with van der Waals surface area (Å²) in [5.41, 5.74) is 0. The van der Waals surface area contributed by atoms with E-state index in [1.165, 1.54) is 0 Å². The predicted molar refractivity (Wildman–Crippen MR) is 44.1 cm³/mol. The van der Waals surface area contributed by atoms with Gasteiger partial charge in [0.25, 0.3) is 0 Å². The van der Waals surface area contributed by atoms with Crippen LogP contribution in [0.5, 0.6) is 0 Å². The maximum absolute atomic E-state index is 2.00. The molecule has 0 saturated carbocycles. The molecule has 0 fully saturated rings. The van der Waals surface area contributed by atoms with Gasteiger partial charge in [0.2, 0.25) is 0 Å². The van der Waals surface area contributed by atoms with Crippen LogP contribution in [0.25, 0.3) is 0 Å². The van der Waals surface area contributed by atoms with Gasteiger partial charge >= 0.3 is 17.1 Å². The molecule has 0 heterocycles. The molecular weight excluding hydrogens is 277 g/mol. The summed E-state index contributed by atoms with van der Waals surface area (Å²) < 4.78 is 0. The van der Waals surface area contributed by atoms with Crippen LogP contribution in [0.3, 0.4) is 0 Å². The van der Waals surface area contributed by atoms with Crippen LogP contribution >= 0.6 is 0 Å². The first kappa shape index (κ1) is 14.4. The van der Waals surface area contributed by atoms with Gasteiger partial charge in [-0.25, -0.2) is 24.3 Å². The molecule has 0 bridgehead atoms. The van der Waals surface area contributed by atoms with Crippen molar-refractivity contribution in [2.45, 2.75) is 0 Å². The van der Waals surface area contributed by atoms with Gasteiger partial charge in [-0.05, 0) is 0 Å². The zero-order chi connectivity index (χ0) is 7.07. The van der Waals surface area contributed by atoms with E-state index < -0.39 is 0 Å². The van der Waals surface area contributed by atoms with Crippen molar-refractivity contribution < 1.29 is 36.5 Å². The van der Waals surface area contributed by atoms with E-state index in [0.717, 1.165) is 0 Å². The largest absolute Gasteiger partial charge is 2.00 e. The average Bonchev–Trinajstić information content (AvgIpc) is 2.67. The quantitative estimate of drug-likeness (QED) is 0.516. The summed E-state index contributed by atoms with van der Waals surface area (Å²) in [7, 11) is 0. The van der Waals surface area contributed by atoms with E-state index >= 15 is 0 Å². The third-order valence-electron chi connectivity index (χ3n) is 1.11. The van der Waals surface area contributed by atoms with Crippen molar-refractivity contribution in [1.82, 2.24) is 0 Å². The Morgan fingerprint density at radius 1 is 0.583 bits per heavy atom. The van der Waals surface area contributed by atoms with Gasteiger partial charge in [0.05, 0.1) is 0 Å². The molecular formula is C10H10FeRu. The fourth-order valence-electron chi connectivity index (χ4n) is 0.642. The molecule has 12 heavy (non-hydrogen) atoms. The van der Waals surface area contributed by atoms with Crippen LogP contribution in [0.15, 0.2) is 60.7 Å². The molecule has 0 radical (unpaired) electrons. The van der Waals surface area contributed by atoms with Crippen molar-refractivity contribution in [2.24, 2.45) is 0 Å². The van der Waals surface area contributed by atoms with E-state index in [1.54, 1.807) is 0 Å². The Labute approximate surface area is 97.0 Å². The molecule has 2 aromatic carbocycles. The van der Waals surface area contributed by atoms with Gasteiger partial charge in [0.15, 0.2) is 0 Å². The minimum atomic E-state index is 0. The molecule has 0 spiro atoms. The summed E-state index contributed by atoms with van der Waals surface area (Å²) in [5.74, 6) is 0. The van der Waals surface area contributed by atoms with Gasteiger partial charge in [-0.1, -0.05) is 0 Å². The Kier molecular flexibility index (Phi) is 13.0. The van der Waals surface area contributed by atoms with E-state index in [-0.39, 0.29) is 36.5 Å². The van der Waals surface area contributed by atoms with Crippen LogP contribution in [0, 0.1) is 0 Å². The molecule has 66 valence electrons. The molecule has 0 unspecified atom stereocenters. The molecule has 0 aliphatic rings. The molecule has 0 aliphatic heterocycles. The summed E-state index contributed by atoms with van der Waals surface area (Å²) in [6, 6.07) is 20.0. The standard InChI is InChI=1S/2C5H5.Fe.Ru/c2*1-2-4-5-3-1;;/h2*1-5H;;/q2*-1;+2;. The van der Waals surface area contributed by atoms with Crippen LogP contribution in [0.2, 0.25) is 0 Å². The van der Waals surface area contributed by atoms with Crippen LogP contribution in [-0.2, 0) is 36.5 Å². The first-order chi connectivity index (χ1) is 5.00. The maximum atomic E-state index is 2.00. The monoisotopic (exact) mass is 288 g/mol. The average molecular weight is 287 g/mol. The predicted octanol–water partition coefficient (Wildman–Crippen LogP) is 2.81. The van der Waals surface area contributed by atoms with Crippen molar-refractivity contribution >= 4 is 0 Å². The third kappa shape index (κ3) is 7.94. The van der Waals surface area contributed by atoms with Crippen LogP contribution in [-0.4, -0.2) is 0 Å². The normalized spacial score (nSPS) is 6.67. The van der Waals surface area contributed by atoms with E-state index in [9.17, 15) is 0 Å². The molecule has 2 rings (SSSR count). The number of rotatable bonds is 0. The molecule has 0 N–H and O–H groups in total.